The first kappa shape index (κ1) is 24.8. The number of ether oxygens (including phenoxy) is 2. The molecule has 5 aliphatic heterocycles. The molecule has 0 amide bonds. The topological polar surface area (TPSA) is 36.9 Å². The third-order valence-electron chi connectivity index (χ3n) is 10.6. The lowest BCUT2D eigenvalue weighted by Gasteiger charge is -2.59. The summed E-state index contributed by atoms with van der Waals surface area (Å²) in [5.74, 6) is 1.93. The van der Waals surface area contributed by atoms with Gasteiger partial charge in [-0.1, -0.05) is 65.8 Å². The Bertz CT molecular complexity index is 863. The fraction of sp³-hybridized carbons (Fsp3) is 0.846. The van der Waals surface area contributed by atoms with Crippen LogP contribution in [0.5, 0.6) is 0 Å². The average molecular weight is 509 g/mol. The first-order valence-electron chi connectivity index (χ1n) is 12.6. The molecule has 5 rings (SSSR count). The molecule has 186 valence electrons. The Morgan fingerprint density at radius 1 is 0.788 bits per heavy atom. The van der Waals surface area contributed by atoms with Crippen molar-refractivity contribution in [3.8, 4) is 0 Å². The Kier molecular flexibility index (Phi) is 5.18. The zero-order valence-corrected chi connectivity index (χ0v) is 25.2. The summed E-state index contributed by atoms with van der Waals surface area (Å²) in [6.45, 7) is 24.8. The maximum Gasteiger partial charge on any atom is 0.192 e. The summed E-state index contributed by atoms with van der Waals surface area (Å²) in [5, 5.41) is 0.320. The predicted molar refractivity (Wildman–Crippen MR) is 142 cm³/mol. The van der Waals surface area contributed by atoms with E-state index < -0.39 is 16.6 Å². The number of fused-ring (bicyclic) bond motifs is 4. The van der Waals surface area contributed by atoms with E-state index in [4.69, 9.17) is 18.3 Å². The molecule has 4 nitrogen and oxygen atoms in total. The third kappa shape index (κ3) is 2.85. The molecule has 5 aliphatic rings. The summed E-state index contributed by atoms with van der Waals surface area (Å²) in [4.78, 5) is 0. The zero-order valence-electron chi connectivity index (χ0n) is 22.3. The van der Waals surface area contributed by atoms with E-state index in [1.807, 2.05) is 11.8 Å². The number of rotatable bonds is 6. The van der Waals surface area contributed by atoms with Crippen LogP contribution in [-0.4, -0.2) is 64.8 Å². The van der Waals surface area contributed by atoms with Crippen LogP contribution in [-0.2, 0) is 18.3 Å². The third-order valence-corrected chi connectivity index (χ3v) is 20.8. The van der Waals surface area contributed by atoms with Gasteiger partial charge in [0.25, 0.3) is 0 Å². The van der Waals surface area contributed by atoms with Gasteiger partial charge < -0.3 is 18.3 Å². The minimum absolute atomic E-state index is 0.0146. The largest absolute Gasteiger partial charge is 0.416 e. The molecule has 0 radical (unpaired) electrons. The van der Waals surface area contributed by atoms with Crippen molar-refractivity contribution in [3.63, 3.8) is 0 Å². The van der Waals surface area contributed by atoms with Gasteiger partial charge in [0.05, 0.1) is 23.0 Å². The second-order valence-electron chi connectivity index (χ2n) is 14.1. The number of thioether (sulfide) groups is 1. The van der Waals surface area contributed by atoms with E-state index in [0.717, 1.165) is 11.5 Å². The van der Waals surface area contributed by atoms with E-state index in [1.54, 1.807) is 0 Å². The van der Waals surface area contributed by atoms with Gasteiger partial charge in [0.2, 0.25) is 0 Å². The molecule has 2 spiro atoms. The minimum atomic E-state index is -1.97. The molecule has 0 aromatic rings. The quantitative estimate of drug-likeness (QED) is 0.317. The van der Waals surface area contributed by atoms with Crippen molar-refractivity contribution in [3.05, 3.63) is 24.3 Å². The van der Waals surface area contributed by atoms with E-state index in [2.05, 4.69) is 92.0 Å². The summed E-state index contributed by atoms with van der Waals surface area (Å²) < 4.78 is 28.1. The Morgan fingerprint density at radius 3 is 1.64 bits per heavy atom. The molecule has 6 atom stereocenters. The maximum absolute atomic E-state index is 7.10. The fourth-order valence-corrected chi connectivity index (χ4v) is 9.95. The van der Waals surface area contributed by atoms with E-state index in [1.165, 1.54) is 0 Å². The van der Waals surface area contributed by atoms with Crippen LogP contribution in [0.3, 0.4) is 0 Å². The summed E-state index contributed by atoms with van der Waals surface area (Å²) >= 11 is 1.97. The van der Waals surface area contributed by atoms with Crippen LogP contribution >= 0.6 is 11.8 Å². The van der Waals surface area contributed by atoms with Crippen LogP contribution in [0.25, 0.3) is 0 Å². The van der Waals surface area contributed by atoms with Crippen molar-refractivity contribution in [1.82, 2.24) is 0 Å². The minimum Gasteiger partial charge on any atom is -0.416 e. The molecule has 3 saturated heterocycles. The highest BCUT2D eigenvalue weighted by atomic mass is 32.2. The van der Waals surface area contributed by atoms with E-state index >= 15 is 0 Å². The molecule has 0 saturated carbocycles. The van der Waals surface area contributed by atoms with Gasteiger partial charge in [-0.2, -0.15) is 11.8 Å². The first-order chi connectivity index (χ1) is 15.0. The summed E-state index contributed by atoms with van der Waals surface area (Å²) in [5.41, 5.74) is -1.19. The molecule has 7 heteroatoms. The van der Waals surface area contributed by atoms with Crippen molar-refractivity contribution in [2.75, 3.05) is 24.7 Å². The maximum atomic E-state index is 7.10. The van der Waals surface area contributed by atoms with Crippen LogP contribution in [0.4, 0.5) is 0 Å². The molecule has 4 bridgehead atoms. The van der Waals surface area contributed by atoms with Crippen LogP contribution in [0, 0.1) is 10.8 Å². The van der Waals surface area contributed by atoms with Gasteiger partial charge in [-0.15, -0.1) is 0 Å². The molecular formula is C26H44O4SSi2. The standard InChI is InChI=1S/C26H44O4SSi2/c1-21(2,3)32(7,8)27-15-25-19-11-13-23(29-19)17-31-18-24(14-12-20(25)30-24)26(23,25)16-28-33(9,10)22(4,5)6/h11-14,19-20H,15-18H2,1-10H3/t19-,20+,23-,24+,25?,26?. The average Bonchev–Trinajstić information content (AvgIpc) is 3.39. The van der Waals surface area contributed by atoms with E-state index in [9.17, 15) is 0 Å². The highest BCUT2D eigenvalue weighted by molar-refractivity contribution is 7.99. The summed E-state index contributed by atoms with van der Waals surface area (Å²) in [6, 6.07) is 0. The summed E-state index contributed by atoms with van der Waals surface area (Å²) in [7, 11) is -3.92. The van der Waals surface area contributed by atoms with Crippen molar-refractivity contribution in [2.45, 2.75) is 101 Å². The van der Waals surface area contributed by atoms with Gasteiger partial charge in [-0.3, -0.25) is 0 Å². The Morgan fingerprint density at radius 2 is 1.21 bits per heavy atom. The van der Waals surface area contributed by atoms with Gasteiger partial charge in [0, 0.05) is 24.7 Å². The molecule has 0 aliphatic carbocycles. The van der Waals surface area contributed by atoms with Gasteiger partial charge in [-0.25, -0.2) is 0 Å². The highest BCUT2D eigenvalue weighted by Gasteiger charge is 2.88. The van der Waals surface area contributed by atoms with E-state index in [0.29, 0.717) is 13.2 Å². The lowest BCUT2D eigenvalue weighted by molar-refractivity contribution is -0.118. The predicted octanol–water partition coefficient (Wildman–Crippen LogP) is 6.16. The van der Waals surface area contributed by atoms with E-state index in [-0.39, 0.29) is 44.3 Å². The van der Waals surface area contributed by atoms with Gasteiger partial charge in [-0.05, 0) is 36.3 Å². The number of hydrogen-bond donors (Lipinski definition) is 0. The number of hydrogen-bond acceptors (Lipinski definition) is 5. The van der Waals surface area contributed by atoms with Gasteiger partial charge in [0.1, 0.15) is 11.2 Å². The molecular weight excluding hydrogens is 465 g/mol. The lowest BCUT2D eigenvalue weighted by atomic mass is 9.46. The second-order valence-corrected chi connectivity index (χ2v) is 24.7. The Hall–Kier alpha value is 0.104. The highest BCUT2D eigenvalue weighted by Crippen LogP contribution is 2.78. The van der Waals surface area contributed by atoms with Crippen LogP contribution < -0.4 is 0 Å². The molecule has 0 aromatic heterocycles. The van der Waals surface area contributed by atoms with Crippen molar-refractivity contribution < 1.29 is 18.3 Å². The first-order valence-corrected chi connectivity index (χ1v) is 19.6. The van der Waals surface area contributed by atoms with Crippen LogP contribution in [0.2, 0.25) is 36.3 Å². The van der Waals surface area contributed by atoms with Gasteiger partial charge >= 0.3 is 0 Å². The Labute approximate surface area is 207 Å². The second kappa shape index (κ2) is 6.90. The molecule has 0 aromatic carbocycles. The Balaban J connectivity index is 1.61. The summed E-state index contributed by atoms with van der Waals surface area (Å²) in [6.07, 6.45) is 9.39. The normalized spacial score (nSPS) is 43.6. The zero-order chi connectivity index (χ0) is 24.3. The molecule has 3 fully saturated rings. The smallest absolute Gasteiger partial charge is 0.192 e. The monoisotopic (exact) mass is 508 g/mol. The van der Waals surface area contributed by atoms with Crippen molar-refractivity contribution >= 4 is 28.4 Å². The van der Waals surface area contributed by atoms with Crippen LogP contribution in [0.1, 0.15) is 41.5 Å². The molecule has 2 unspecified atom stereocenters. The fourth-order valence-electron chi connectivity index (χ4n) is 6.38. The molecule has 0 N–H and O–H groups in total. The van der Waals surface area contributed by atoms with Gasteiger partial charge in [0.15, 0.2) is 16.6 Å². The van der Waals surface area contributed by atoms with Crippen LogP contribution in [0.15, 0.2) is 24.3 Å². The lowest BCUT2D eigenvalue weighted by Crippen LogP contribution is -2.71. The van der Waals surface area contributed by atoms with Crippen molar-refractivity contribution in [1.29, 1.82) is 0 Å². The molecule has 5 heterocycles. The SMILES string of the molecule is CC(C)(C)[Si](C)(C)OCC12[C@@H]3C=C[C@@]4(CSC[C@]5(C=C[C@H]1O5)C24CO[Si](C)(C)C(C)(C)C)O3. The molecule has 33 heavy (non-hydrogen) atoms. The van der Waals surface area contributed by atoms with Crippen molar-refractivity contribution in [2.24, 2.45) is 10.8 Å².